The summed E-state index contributed by atoms with van der Waals surface area (Å²) in [5.41, 5.74) is 4.39. The Morgan fingerprint density at radius 3 is 2.06 bits per heavy atom. The quantitative estimate of drug-likeness (QED) is 0.0139. The van der Waals surface area contributed by atoms with E-state index in [9.17, 15) is 14.4 Å². The first kappa shape index (κ1) is 76.6. The summed E-state index contributed by atoms with van der Waals surface area (Å²) in [5.74, 6) is 6.27. The molecule has 0 spiro atoms. The van der Waals surface area contributed by atoms with Gasteiger partial charge in [-0.05, 0) is 152 Å². The third-order valence-electron chi connectivity index (χ3n) is 20.9. The molecule has 8 rings (SSSR count). The van der Waals surface area contributed by atoms with E-state index in [-0.39, 0.29) is 37.1 Å². The smallest absolute Gasteiger partial charge is 0.407 e. The number of carbonyl (C=O) groups excluding carboxylic acids is 2. The second-order valence-electron chi connectivity index (χ2n) is 28.3. The van der Waals surface area contributed by atoms with Crippen LogP contribution < -0.4 is 14.8 Å². The molecule has 18 nitrogen and oxygen atoms in total. The molecular weight excluding hydrogens is 1260 g/mol. The number of fused-ring (bicyclic) bond motifs is 5. The number of alkyl carbamates (subject to hydrolysis) is 1. The highest BCUT2D eigenvalue weighted by Crippen LogP contribution is 2.67. The highest BCUT2D eigenvalue weighted by Gasteiger charge is 2.59. The van der Waals surface area contributed by atoms with Crippen LogP contribution in [0.5, 0.6) is 11.5 Å². The van der Waals surface area contributed by atoms with Crippen molar-refractivity contribution < 1.29 is 66.9 Å². The van der Waals surface area contributed by atoms with Crippen LogP contribution >= 0.6 is 21.6 Å². The number of carboxylic acids is 1. The van der Waals surface area contributed by atoms with Crippen molar-refractivity contribution >= 4 is 39.6 Å². The van der Waals surface area contributed by atoms with E-state index in [4.69, 9.17) is 52.5 Å². The summed E-state index contributed by atoms with van der Waals surface area (Å²) in [5, 5.41) is 20.4. The number of rotatable bonds is 45. The first-order valence-corrected chi connectivity index (χ1v) is 38.0. The number of unbranched alkanes of at least 4 members (excludes halogenated alkanes) is 1. The number of carbonyl (C=O) groups is 3. The largest absolute Gasteiger partial charge is 0.497 e. The van der Waals surface area contributed by atoms with Gasteiger partial charge < -0.3 is 57.8 Å². The molecule has 3 aromatic carbocycles. The van der Waals surface area contributed by atoms with E-state index in [0.717, 1.165) is 107 Å². The number of esters is 1. The van der Waals surface area contributed by atoms with Gasteiger partial charge in [-0.3, -0.25) is 14.3 Å². The van der Waals surface area contributed by atoms with E-state index in [1.54, 1.807) is 35.8 Å². The normalized spacial score (nSPS) is 22.5. The predicted molar refractivity (Wildman–Crippen MR) is 377 cm³/mol. The van der Waals surface area contributed by atoms with Crippen molar-refractivity contribution in [2.24, 2.45) is 51.8 Å². The number of hydrogen-bond donors (Lipinski definition) is 2. The zero-order valence-electron chi connectivity index (χ0n) is 58.7. The second-order valence-corrected chi connectivity index (χ2v) is 30.8. The van der Waals surface area contributed by atoms with Gasteiger partial charge in [-0.25, -0.2) is 4.79 Å². The van der Waals surface area contributed by atoms with Gasteiger partial charge in [-0.2, -0.15) is 0 Å². The van der Waals surface area contributed by atoms with Crippen molar-refractivity contribution in [1.29, 1.82) is 0 Å². The Morgan fingerprint density at radius 1 is 0.708 bits per heavy atom. The molecule has 0 bridgehead atoms. The van der Waals surface area contributed by atoms with Crippen LogP contribution in [0.15, 0.2) is 96.7 Å². The fourth-order valence-corrected chi connectivity index (χ4v) is 18.3. The molecule has 1 heterocycles. The van der Waals surface area contributed by atoms with Crippen molar-refractivity contribution in [1.82, 2.24) is 20.3 Å². The molecular formula is C76H112N4O14S2. The third-order valence-corrected chi connectivity index (χ3v) is 23.6. The topological polar surface area (TPSA) is 206 Å². The maximum atomic E-state index is 12.9. The number of hydrogen-bond acceptors (Lipinski definition) is 17. The van der Waals surface area contributed by atoms with E-state index in [1.165, 1.54) is 56.9 Å². The van der Waals surface area contributed by atoms with Gasteiger partial charge in [0.2, 0.25) is 0 Å². The Kier molecular flexibility index (Phi) is 31.1. The fraction of sp³-hybridized carbons (Fsp3) is 0.671. The predicted octanol–water partition coefficient (Wildman–Crippen LogP) is 15.0. The Bertz CT molecular complexity index is 2930. The van der Waals surface area contributed by atoms with Gasteiger partial charge >= 0.3 is 18.0 Å². The van der Waals surface area contributed by atoms with Crippen LogP contribution in [0.2, 0.25) is 0 Å². The lowest BCUT2D eigenvalue weighted by Gasteiger charge is -2.58. The number of aryl methyl sites for hydroxylation is 1. The number of nitrogens with one attached hydrogen (secondary N) is 1. The number of methoxy groups -OCH3 is 2. The molecule has 4 aromatic rings. The van der Waals surface area contributed by atoms with Crippen LogP contribution in [0.1, 0.15) is 167 Å². The number of aromatic nitrogens is 3. The summed E-state index contributed by atoms with van der Waals surface area (Å²) in [6, 6.07) is 26.3. The molecule has 1 aromatic heterocycles. The van der Waals surface area contributed by atoms with Gasteiger partial charge in [0, 0.05) is 43.0 Å². The van der Waals surface area contributed by atoms with Gasteiger partial charge in [0.1, 0.15) is 28.9 Å². The van der Waals surface area contributed by atoms with Gasteiger partial charge in [0.25, 0.3) is 0 Å². The Balaban J connectivity index is 0.673. The molecule has 2 N–H and O–H groups in total. The average Bonchev–Trinajstić information content (AvgIpc) is 1.34. The van der Waals surface area contributed by atoms with Gasteiger partial charge in [-0.1, -0.05) is 154 Å². The van der Waals surface area contributed by atoms with Crippen molar-refractivity contribution in [2.75, 3.05) is 105 Å². The molecule has 96 heavy (non-hydrogen) atoms. The van der Waals surface area contributed by atoms with Crippen molar-refractivity contribution in [2.45, 2.75) is 169 Å². The number of amides is 1. The zero-order chi connectivity index (χ0) is 68.2. The number of nitrogens with zero attached hydrogens (tertiary/aromatic N) is 3. The van der Waals surface area contributed by atoms with Gasteiger partial charge in [0.05, 0.1) is 106 Å². The minimum atomic E-state index is -1.02. The van der Waals surface area contributed by atoms with Crippen LogP contribution in [0.4, 0.5) is 4.79 Å². The van der Waals surface area contributed by atoms with Crippen LogP contribution in [-0.4, -0.2) is 149 Å². The number of ether oxygens (including phenoxy) is 10. The van der Waals surface area contributed by atoms with Crippen LogP contribution in [0, 0.1) is 51.8 Å². The van der Waals surface area contributed by atoms with Gasteiger partial charge in [-0.15, -0.1) is 5.10 Å². The van der Waals surface area contributed by atoms with Crippen molar-refractivity contribution in [3.05, 3.63) is 119 Å². The van der Waals surface area contributed by atoms with Crippen LogP contribution in [0.25, 0.3) is 0 Å². The van der Waals surface area contributed by atoms with Crippen LogP contribution in [0.3, 0.4) is 0 Å². The average molecular weight is 1370 g/mol. The molecule has 20 heteroatoms. The standard InChI is InChI=1S/C76H112N4O14S2/c1-56(2)16-14-17-57(3)67-30-31-68-66-29-24-61-50-65(34-36-74(61,5)69(66)35-37-75(67,68)6)94-72(84)77-38-42-87-43-44-88-45-46-89-47-48-90-52-62-51-80(79-78-62)39-12-13-40-91-53-73(4,55-96-95-49-15-41-92-71(83)33-32-70(81)82)54-93-76(58-18-10-9-11-19-58,59-20-25-63(85-7)26-21-59)60-22-27-64(86-8)28-23-60/h9-11,18-28,51,56-57,65-69H,12-17,29-50,52-55H2,1-8H3,(H,77,84)(H,81,82)/t57-,65+,66+,67-,68+,69+,73?,74+,75-/m1/s1. The highest BCUT2D eigenvalue weighted by molar-refractivity contribution is 8.76. The third kappa shape index (κ3) is 22.2. The monoisotopic (exact) mass is 1370 g/mol. The number of aliphatic carboxylic acids is 1. The summed E-state index contributed by atoms with van der Waals surface area (Å²) in [6.07, 6.45) is 19.7. The van der Waals surface area contributed by atoms with Crippen LogP contribution in [-0.2, 0) is 66.2 Å². The maximum absolute atomic E-state index is 12.9. The summed E-state index contributed by atoms with van der Waals surface area (Å²) in [6.45, 7) is 20.6. The summed E-state index contributed by atoms with van der Waals surface area (Å²) >= 11 is 0. The highest BCUT2D eigenvalue weighted by atomic mass is 33.1. The lowest BCUT2D eigenvalue weighted by Crippen LogP contribution is -2.51. The summed E-state index contributed by atoms with van der Waals surface area (Å²) in [4.78, 5) is 35.7. The minimum Gasteiger partial charge on any atom is -0.497 e. The van der Waals surface area contributed by atoms with E-state index in [1.807, 2.05) is 53.3 Å². The molecule has 9 atom stereocenters. The lowest BCUT2D eigenvalue weighted by molar-refractivity contribution is -0.147. The SMILES string of the molecule is COc1ccc(C(OCC(C)(COCCCCn2cc(COCCOCCOCCOCCNC(=O)O[C@H]3CC[C@@]4(C)C(=CC[C@H]5[C@@H]6CC[C@H]([C@H](C)CCCC(C)C)[C@@]6(C)CC[C@@H]54)C3)nn2)CSSCCCOC(=O)CCC(=O)O)(c2ccccc2)c2ccc(OC)cc2)cc1. The number of carboxylic acid groups (broad SMARTS) is 1. The minimum absolute atomic E-state index is 0.0753. The first-order chi connectivity index (χ1) is 46.5. The Morgan fingerprint density at radius 2 is 1.39 bits per heavy atom. The maximum Gasteiger partial charge on any atom is 0.407 e. The van der Waals surface area contributed by atoms with E-state index < -0.39 is 23.0 Å². The second kappa shape index (κ2) is 39.0. The molecule has 4 aliphatic rings. The van der Waals surface area contributed by atoms with E-state index in [0.29, 0.717) is 103 Å². The molecule has 4 aliphatic carbocycles. The Hall–Kier alpha value is -5.19. The zero-order valence-corrected chi connectivity index (χ0v) is 60.4. The molecule has 3 saturated carbocycles. The van der Waals surface area contributed by atoms with Crippen molar-refractivity contribution in [3.63, 3.8) is 0 Å². The number of allylic oxidation sites excluding steroid dienone is 1. The van der Waals surface area contributed by atoms with E-state index in [2.05, 4.69) is 99.6 Å². The lowest BCUT2D eigenvalue weighted by atomic mass is 9.47. The molecule has 0 aliphatic heterocycles. The molecule has 3 fully saturated rings. The molecule has 0 saturated heterocycles. The van der Waals surface area contributed by atoms with Gasteiger partial charge in [0.15, 0.2) is 0 Å². The summed E-state index contributed by atoms with van der Waals surface area (Å²) < 4.78 is 61.1. The molecule has 1 amide bonds. The summed E-state index contributed by atoms with van der Waals surface area (Å²) in [7, 11) is 6.73. The van der Waals surface area contributed by atoms with Crippen molar-refractivity contribution in [3.8, 4) is 11.5 Å². The van der Waals surface area contributed by atoms with E-state index >= 15 is 0 Å². The number of benzene rings is 3. The molecule has 1 unspecified atom stereocenters. The molecule has 0 radical (unpaired) electrons. The Labute approximate surface area is 580 Å². The molecule has 532 valence electrons. The fourth-order valence-electron chi connectivity index (χ4n) is 15.6. The first-order valence-electron chi connectivity index (χ1n) is 35.5.